The van der Waals surface area contributed by atoms with Gasteiger partial charge in [-0.2, -0.15) is 5.10 Å². The monoisotopic (exact) mass is 488 g/mol. The van der Waals surface area contributed by atoms with Crippen LogP contribution in [0, 0.1) is 13.8 Å². The van der Waals surface area contributed by atoms with Crippen LogP contribution in [0.25, 0.3) is 5.69 Å². The molecule has 1 amide bonds. The summed E-state index contributed by atoms with van der Waals surface area (Å²) in [5, 5.41) is 7.50. The summed E-state index contributed by atoms with van der Waals surface area (Å²) in [6.45, 7) is 3.53. The van der Waals surface area contributed by atoms with Gasteiger partial charge in [0.2, 0.25) is 5.95 Å². The van der Waals surface area contributed by atoms with Gasteiger partial charge in [0.25, 0.3) is 15.9 Å². The number of carbonyl (C=O) groups is 1. The third-order valence-electron chi connectivity index (χ3n) is 5.59. The molecule has 2 aromatic heterocycles. The highest BCUT2D eigenvalue weighted by Crippen LogP contribution is 2.39. The quantitative estimate of drug-likeness (QED) is 0.402. The van der Waals surface area contributed by atoms with Gasteiger partial charge in [-0.1, -0.05) is 18.2 Å². The lowest BCUT2D eigenvalue weighted by Gasteiger charge is -2.10. The predicted molar refractivity (Wildman–Crippen MR) is 132 cm³/mol. The second kappa shape index (κ2) is 8.95. The normalized spacial score (nSPS) is 13.4. The summed E-state index contributed by atoms with van der Waals surface area (Å²) in [6.07, 6.45) is 2.15. The van der Waals surface area contributed by atoms with Gasteiger partial charge in [0.15, 0.2) is 0 Å². The van der Waals surface area contributed by atoms with Crippen LogP contribution in [0.3, 0.4) is 0 Å². The summed E-state index contributed by atoms with van der Waals surface area (Å²) >= 11 is 0. The first-order chi connectivity index (χ1) is 16.8. The van der Waals surface area contributed by atoms with Crippen molar-refractivity contribution in [2.75, 3.05) is 10.0 Å². The lowest BCUT2D eigenvalue weighted by Crippen LogP contribution is -2.18. The number of benzene rings is 2. The van der Waals surface area contributed by atoms with E-state index in [1.165, 1.54) is 12.1 Å². The average molecular weight is 489 g/mol. The van der Waals surface area contributed by atoms with Crippen LogP contribution in [-0.2, 0) is 10.0 Å². The van der Waals surface area contributed by atoms with E-state index in [9.17, 15) is 13.2 Å². The van der Waals surface area contributed by atoms with E-state index in [0.29, 0.717) is 28.7 Å². The van der Waals surface area contributed by atoms with E-state index in [0.717, 1.165) is 24.2 Å². The smallest absolute Gasteiger partial charge is 0.274 e. The van der Waals surface area contributed by atoms with Crippen molar-refractivity contribution in [3.63, 3.8) is 0 Å². The molecule has 9 nitrogen and oxygen atoms in total. The van der Waals surface area contributed by atoms with Gasteiger partial charge in [-0.15, -0.1) is 0 Å². The third-order valence-corrected chi connectivity index (χ3v) is 6.93. The van der Waals surface area contributed by atoms with Crippen molar-refractivity contribution in [3.05, 3.63) is 89.5 Å². The first-order valence-electron chi connectivity index (χ1n) is 11.2. The van der Waals surface area contributed by atoms with E-state index in [1.807, 2.05) is 36.4 Å². The maximum Gasteiger partial charge on any atom is 0.274 e. The standard InChI is InChI=1S/C25H24N6O3S/c1-16-14-17(2)27-25(26-16)30-35(33,34)21-12-10-19(11-13-21)28-24(32)23-15-22(18-8-9-18)29-31(23)20-6-4-3-5-7-20/h3-7,10-15,18H,8-9H2,1-2H3,(H,28,32)(H,26,27,30). The zero-order valence-electron chi connectivity index (χ0n) is 19.3. The number of nitrogens with one attached hydrogen (secondary N) is 2. The van der Waals surface area contributed by atoms with Crippen LogP contribution < -0.4 is 10.0 Å². The lowest BCUT2D eigenvalue weighted by molar-refractivity contribution is 0.101. The van der Waals surface area contributed by atoms with Gasteiger partial charge in [0.05, 0.1) is 16.3 Å². The number of sulfonamides is 1. The zero-order chi connectivity index (χ0) is 24.6. The summed E-state index contributed by atoms with van der Waals surface area (Å²) in [5.74, 6) is 0.0795. The van der Waals surface area contributed by atoms with Crippen molar-refractivity contribution in [2.45, 2.75) is 37.5 Å². The van der Waals surface area contributed by atoms with Crippen molar-refractivity contribution >= 4 is 27.6 Å². The third kappa shape index (κ3) is 5.07. The minimum atomic E-state index is -3.89. The number of aromatic nitrogens is 4. The zero-order valence-corrected chi connectivity index (χ0v) is 20.1. The average Bonchev–Trinajstić information content (AvgIpc) is 3.57. The number of aryl methyl sites for hydroxylation is 2. The maximum absolute atomic E-state index is 13.1. The molecule has 0 saturated heterocycles. The Kier molecular flexibility index (Phi) is 5.81. The topological polar surface area (TPSA) is 119 Å². The van der Waals surface area contributed by atoms with Crippen molar-refractivity contribution in [1.82, 2.24) is 19.7 Å². The highest BCUT2D eigenvalue weighted by Gasteiger charge is 2.29. The van der Waals surface area contributed by atoms with Crippen LogP contribution in [-0.4, -0.2) is 34.1 Å². The summed E-state index contributed by atoms with van der Waals surface area (Å²) in [5.41, 5.74) is 3.90. The fourth-order valence-corrected chi connectivity index (χ4v) is 4.71. The SMILES string of the molecule is Cc1cc(C)nc(NS(=O)(=O)c2ccc(NC(=O)c3cc(C4CC4)nn3-c3ccccc3)cc2)n1. The molecule has 0 bridgehead atoms. The van der Waals surface area contributed by atoms with Gasteiger partial charge in [-0.25, -0.2) is 27.8 Å². The van der Waals surface area contributed by atoms with Crippen LogP contribution in [0.2, 0.25) is 0 Å². The van der Waals surface area contributed by atoms with E-state index in [1.54, 1.807) is 36.7 Å². The Labute approximate surface area is 203 Å². The first-order valence-corrected chi connectivity index (χ1v) is 12.7. The van der Waals surface area contributed by atoms with Crippen molar-refractivity contribution in [2.24, 2.45) is 0 Å². The molecule has 178 valence electrons. The number of nitrogens with zero attached hydrogens (tertiary/aromatic N) is 4. The van der Waals surface area contributed by atoms with E-state index in [2.05, 4.69) is 25.1 Å². The number of rotatable bonds is 7. The Morgan fingerprint density at radius 1 is 0.943 bits per heavy atom. The van der Waals surface area contributed by atoms with E-state index in [-0.39, 0.29) is 16.8 Å². The summed E-state index contributed by atoms with van der Waals surface area (Å²) in [4.78, 5) is 21.4. The molecular formula is C25H24N6O3S. The lowest BCUT2D eigenvalue weighted by atomic mass is 10.2. The molecule has 0 spiro atoms. The molecule has 0 radical (unpaired) electrons. The summed E-state index contributed by atoms with van der Waals surface area (Å²) in [7, 11) is -3.89. The molecule has 0 aliphatic heterocycles. The second-order valence-corrected chi connectivity index (χ2v) is 10.2. The molecule has 2 aromatic carbocycles. The number of hydrogen-bond donors (Lipinski definition) is 2. The van der Waals surface area contributed by atoms with Gasteiger partial charge >= 0.3 is 0 Å². The van der Waals surface area contributed by atoms with Crippen molar-refractivity contribution in [3.8, 4) is 5.69 Å². The molecule has 35 heavy (non-hydrogen) atoms. The Morgan fingerprint density at radius 2 is 1.60 bits per heavy atom. The molecule has 10 heteroatoms. The Morgan fingerprint density at radius 3 is 2.23 bits per heavy atom. The molecule has 1 fully saturated rings. The largest absolute Gasteiger partial charge is 0.321 e. The van der Waals surface area contributed by atoms with Gasteiger partial charge in [0, 0.05) is 23.0 Å². The van der Waals surface area contributed by atoms with E-state index in [4.69, 9.17) is 0 Å². The fourth-order valence-electron chi connectivity index (χ4n) is 3.77. The van der Waals surface area contributed by atoms with Gasteiger partial charge in [0.1, 0.15) is 5.69 Å². The van der Waals surface area contributed by atoms with Crippen LogP contribution in [0.5, 0.6) is 0 Å². The molecule has 5 rings (SSSR count). The number of para-hydroxylation sites is 1. The summed E-state index contributed by atoms with van der Waals surface area (Å²) in [6, 6.07) is 19.0. The Hall–Kier alpha value is -4.05. The highest BCUT2D eigenvalue weighted by atomic mass is 32.2. The molecule has 2 N–H and O–H groups in total. The summed E-state index contributed by atoms with van der Waals surface area (Å²) < 4.78 is 29.6. The molecule has 1 saturated carbocycles. The van der Waals surface area contributed by atoms with Crippen LogP contribution in [0.4, 0.5) is 11.6 Å². The molecular weight excluding hydrogens is 464 g/mol. The Balaban J connectivity index is 1.35. The number of anilines is 2. The number of carbonyl (C=O) groups excluding carboxylic acids is 1. The Bertz CT molecular complexity index is 1470. The fraction of sp³-hybridized carbons (Fsp3) is 0.200. The molecule has 2 heterocycles. The molecule has 1 aliphatic rings. The molecule has 1 aliphatic carbocycles. The minimum Gasteiger partial charge on any atom is -0.321 e. The minimum absolute atomic E-state index is 0.0144. The van der Waals surface area contributed by atoms with Crippen LogP contribution in [0.1, 0.15) is 46.3 Å². The van der Waals surface area contributed by atoms with Gasteiger partial charge in [-0.3, -0.25) is 4.79 Å². The van der Waals surface area contributed by atoms with E-state index >= 15 is 0 Å². The second-order valence-electron chi connectivity index (χ2n) is 8.53. The van der Waals surface area contributed by atoms with Crippen LogP contribution in [0.15, 0.2) is 71.6 Å². The molecule has 4 aromatic rings. The van der Waals surface area contributed by atoms with Gasteiger partial charge < -0.3 is 5.32 Å². The van der Waals surface area contributed by atoms with Gasteiger partial charge in [-0.05, 0) is 75.2 Å². The highest BCUT2D eigenvalue weighted by molar-refractivity contribution is 7.92. The van der Waals surface area contributed by atoms with Crippen molar-refractivity contribution in [1.29, 1.82) is 0 Å². The predicted octanol–water partition coefficient (Wildman–Crippen LogP) is 4.21. The van der Waals surface area contributed by atoms with E-state index < -0.39 is 10.0 Å². The van der Waals surface area contributed by atoms with Crippen molar-refractivity contribution < 1.29 is 13.2 Å². The maximum atomic E-state index is 13.1. The number of amides is 1. The molecule has 0 unspecified atom stereocenters. The molecule has 0 atom stereocenters. The number of hydrogen-bond acceptors (Lipinski definition) is 6. The van der Waals surface area contributed by atoms with Crippen LogP contribution >= 0.6 is 0 Å². The first kappa shape index (κ1) is 22.7.